The van der Waals surface area contributed by atoms with Gasteiger partial charge in [-0.2, -0.15) is 13.2 Å². The van der Waals surface area contributed by atoms with Crippen molar-refractivity contribution in [2.24, 2.45) is 0 Å². The van der Waals surface area contributed by atoms with Crippen molar-refractivity contribution >= 4 is 9.84 Å². The molecule has 0 fully saturated rings. The van der Waals surface area contributed by atoms with Crippen LogP contribution in [0.3, 0.4) is 0 Å². The van der Waals surface area contributed by atoms with Crippen LogP contribution < -0.4 is 0 Å². The fourth-order valence-electron chi connectivity index (χ4n) is 0.786. The molecule has 1 heterocycles. The zero-order valence-corrected chi connectivity index (χ0v) is 7.85. The molecule has 1 aromatic heterocycles. The van der Waals surface area contributed by atoms with Crippen LogP contribution in [-0.2, 0) is 9.84 Å². The first-order valence-corrected chi connectivity index (χ1v) is 4.98. The molecule has 0 aliphatic rings. The topological polar surface area (TPSA) is 47.0 Å². The zero-order chi connectivity index (χ0) is 11.0. The number of rotatable bonds is 1. The van der Waals surface area contributed by atoms with Crippen LogP contribution in [0.5, 0.6) is 0 Å². The van der Waals surface area contributed by atoms with Gasteiger partial charge < -0.3 is 0 Å². The molecule has 1 rings (SSSR count). The summed E-state index contributed by atoms with van der Waals surface area (Å²) in [7, 11) is -5.31. The van der Waals surface area contributed by atoms with Gasteiger partial charge in [-0.1, -0.05) is 6.07 Å². The number of alkyl halides is 3. The van der Waals surface area contributed by atoms with Crippen LogP contribution in [-0.4, -0.2) is 18.9 Å². The first kappa shape index (κ1) is 11.0. The van der Waals surface area contributed by atoms with Crippen molar-refractivity contribution in [2.45, 2.75) is 17.5 Å². The highest BCUT2D eigenvalue weighted by Gasteiger charge is 2.47. The highest BCUT2D eigenvalue weighted by molar-refractivity contribution is 7.92. The van der Waals surface area contributed by atoms with Crippen LogP contribution in [0.15, 0.2) is 23.2 Å². The maximum Gasteiger partial charge on any atom is 0.503 e. The molecular weight excluding hydrogens is 219 g/mol. The Labute approximate surface area is 78.5 Å². The molecule has 0 saturated carbocycles. The molecule has 0 aliphatic carbocycles. The van der Waals surface area contributed by atoms with Crippen LogP contribution in [0.4, 0.5) is 13.2 Å². The molecule has 0 unspecified atom stereocenters. The van der Waals surface area contributed by atoms with Gasteiger partial charge in [-0.3, -0.25) is 0 Å². The summed E-state index contributed by atoms with van der Waals surface area (Å²) in [5, 5.41) is -0.968. The summed E-state index contributed by atoms with van der Waals surface area (Å²) in [5.74, 6) is 0. The molecule has 0 amide bonds. The molecule has 0 aromatic carbocycles. The fraction of sp³-hybridized carbons (Fsp3) is 0.286. The molecule has 7 heteroatoms. The molecule has 0 atom stereocenters. The van der Waals surface area contributed by atoms with E-state index in [4.69, 9.17) is 0 Å². The maximum absolute atomic E-state index is 12.0. The summed E-state index contributed by atoms with van der Waals surface area (Å²) in [5.41, 5.74) is -5.08. The Balaban J connectivity index is 3.32. The summed E-state index contributed by atoms with van der Waals surface area (Å²) >= 11 is 0. The Hall–Kier alpha value is -1.11. The summed E-state index contributed by atoms with van der Waals surface area (Å²) < 4.78 is 57.7. The van der Waals surface area contributed by atoms with Crippen molar-refractivity contribution in [1.82, 2.24) is 4.98 Å². The van der Waals surface area contributed by atoms with E-state index in [-0.39, 0.29) is 5.69 Å². The number of pyridine rings is 1. The Bertz CT molecular complexity index is 438. The van der Waals surface area contributed by atoms with E-state index in [9.17, 15) is 21.6 Å². The predicted molar refractivity (Wildman–Crippen MR) is 42.2 cm³/mol. The molecule has 0 bridgehead atoms. The number of aryl methyl sites for hydroxylation is 1. The van der Waals surface area contributed by atoms with E-state index < -0.39 is 20.4 Å². The van der Waals surface area contributed by atoms with Gasteiger partial charge in [-0.05, 0) is 19.1 Å². The van der Waals surface area contributed by atoms with Crippen LogP contribution in [0.2, 0.25) is 0 Å². The number of halogens is 3. The normalized spacial score (nSPS) is 12.9. The molecular formula is C7H6F3NO2S. The van der Waals surface area contributed by atoms with Crippen molar-refractivity contribution in [3.63, 3.8) is 0 Å². The minimum Gasteiger partial charge on any atom is -0.241 e. The van der Waals surface area contributed by atoms with Gasteiger partial charge in [0.15, 0.2) is 5.03 Å². The van der Waals surface area contributed by atoms with Gasteiger partial charge in [-0.25, -0.2) is 13.4 Å². The third-order valence-corrected chi connectivity index (χ3v) is 2.83. The Morgan fingerprint density at radius 3 is 2.29 bits per heavy atom. The van der Waals surface area contributed by atoms with Gasteiger partial charge in [0.05, 0.1) is 0 Å². The van der Waals surface area contributed by atoms with Crippen molar-refractivity contribution in [3.05, 3.63) is 23.9 Å². The first-order chi connectivity index (χ1) is 6.25. The van der Waals surface area contributed by atoms with Crippen LogP contribution in [0, 0.1) is 6.92 Å². The average Bonchev–Trinajstić information content (AvgIpc) is 2.02. The van der Waals surface area contributed by atoms with Gasteiger partial charge in [-0.15, -0.1) is 0 Å². The Morgan fingerprint density at radius 1 is 1.29 bits per heavy atom. The first-order valence-electron chi connectivity index (χ1n) is 3.50. The SMILES string of the molecule is Cc1cccc(S(=O)(=O)C(F)(F)F)n1. The largest absolute Gasteiger partial charge is 0.503 e. The minimum atomic E-state index is -5.31. The summed E-state index contributed by atoms with van der Waals surface area (Å²) in [6, 6.07) is 3.44. The van der Waals surface area contributed by atoms with Gasteiger partial charge >= 0.3 is 5.51 Å². The Morgan fingerprint density at radius 2 is 1.86 bits per heavy atom. The summed E-state index contributed by atoms with van der Waals surface area (Å²) in [4.78, 5) is 3.30. The number of hydrogen-bond acceptors (Lipinski definition) is 3. The second-order valence-electron chi connectivity index (χ2n) is 2.57. The van der Waals surface area contributed by atoms with E-state index in [1.54, 1.807) is 0 Å². The summed E-state index contributed by atoms with van der Waals surface area (Å²) in [6.45, 7) is 1.41. The standard InChI is InChI=1S/C7H6F3NO2S/c1-5-3-2-4-6(11-5)14(12,13)7(8,9)10/h2-4H,1H3. The van der Waals surface area contributed by atoms with E-state index in [0.29, 0.717) is 0 Å². The van der Waals surface area contributed by atoms with E-state index in [1.807, 2.05) is 0 Å². The summed E-state index contributed by atoms with van der Waals surface area (Å²) in [6.07, 6.45) is 0. The average molecular weight is 225 g/mol. The number of sulfone groups is 1. The molecule has 0 radical (unpaired) electrons. The fourth-order valence-corrected chi connectivity index (χ4v) is 1.55. The minimum absolute atomic E-state index is 0.218. The van der Waals surface area contributed by atoms with E-state index in [0.717, 1.165) is 6.07 Å². The highest BCUT2D eigenvalue weighted by Crippen LogP contribution is 2.28. The number of nitrogens with zero attached hydrogens (tertiary/aromatic N) is 1. The van der Waals surface area contributed by atoms with E-state index in [2.05, 4.69) is 4.98 Å². The maximum atomic E-state index is 12.0. The van der Waals surface area contributed by atoms with Crippen molar-refractivity contribution in [2.75, 3.05) is 0 Å². The van der Waals surface area contributed by atoms with Gasteiger partial charge in [0.2, 0.25) is 0 Å². The van der Waals surface area contributed by atoms with Gasteiger partial charge in [0.1, 0.15) is 0 Å². The van der Waals surface area contributed by atoms with Crippen molar-refractivity contribution in [1.29, 1.82) is 0 Å². The van der Waals surface area contributed by atoms with E-state index in [1.165, 1.54) is 19.1 Å². The third kappa shape index (κ3) is 1.87. The zero-order valence-electron chi connectivity index (χ0n) is 7.04. The molecule has 1 aromatic rings. The Kier molecular flexibility index (Phi) is 2.53. The third-order valence-electron chi connectivity index (χ3n) is 1.44. The van der Waals surface area contributed by atoms with E-state index >= 15 is 0 Å². The van der Waals surface area contributed by atoms with Crippen molar-refractivity contribution < 1.29 is 21.6 Å². The molecule has 0 aliphatic heterocycles. The van der Waals surface area contributed by atoms with Crippen LogP contribution in [0.1, 0.15) is 5.69 Å². The lowest BCUT2D eigenvalue weighted by Crippen LogP contribution is -2.24. The smallest absolute Gasteiger partial charge is 0.241 e. The molecule has 0 saturated heterocycles. The molecule has 0 spiro atoms. The van der Waals surface area contributed by atoms with Crippen LogP contribution in [0.25, 0.3) is 0 Å². The molecule has 78 valence electrons. The second-order valence-corrected chi connectivity index (χ2v) is 4.45. The lowest BCUT2D eigenvalue weighted by Gasteiger charge is -2.06. The van der Waals surface area contributed by atoms with Gasteiger partial charge in [0.25, 0.3) is 9.84 Å². The van der Waals surface area contributed by atoms with Crippen LogP contribution >= 0.6 is 0 Å². The number of aromatic nitrogens is 1. The predicted octanol–water partition coefficient (Wildman–Crippen LogP) is 1.68. The monoisotopic (exact) mass is 225 g/mol. The quantitative estimate of drug-likeness (QED) is 0.730. The molecule has 14 heavy (non-hydrogen) atoms. The van der Waals surface area contributed by atoms with Gasteiger partial charge in [0, 0.05) is 5.69 Å². The number of hydrogen-bond donors (Lipinski definition) is 0. The lowest BCUT2D eigenvalue weighted by molar-refractivity contribution is -0.0438. The molecule has 3 nitrogen and oxygen atoms in total. The highest BCUT2D eigenvalue weighted by atomic mass is 32.2. The lowest BCUT2D eigenvalue weighted by atomic mass is 10.4. The molecule has 0 N–H and O–H groups in total. The van der Waals surface area contributed by atoms with Crippen molar-refractivity contribution in [3.8, 4) is 0 Å². The second kappa shape index (κ2) is 3.23.